The van der Waals surface area contributed by atoms with Gasteiger partial charge >= 0.3 is 0 Å². The Bertz CT molecular complexity index is 787. The van der Waals surface area contributed by atoms with E-state index in [0.717, 1.165) is 16.1 Å². The number of anilines is 1. The number of carbonyl (C=O) groups excluding carboxylic acids is 1. The van der Waals surface area contributed by atoms with Gasteiger partial charge < -0.3 is 5.32 Å². The van der Waals surface area contributed by atoms with Gasteiger partial charge in [-0.15, -0.1) is 11.8 Å². The predicted molar refractivity (Wildman–Crippen MR) is 98.2 cm³/mol. The van der Waals surface area contributed by atoms with E-state index in [2.05, 4.69) is 10.4 Å². The van der Waals surface area contributed by atoms with Crippen molar-refractivity contribution >= 4 is 23.4 Å². The Morgan fingerprint density at radius 2 is 2.00 bits per heavy atom. The van der Waals surface area contributed by atoms with Gasteiger partial charge in [-0.3, -0.25) is 9.48 Å². The lowest BCUT2D eigenvalue weighted by Gasteiger charge is -2.13. The molecule has 24 heavy (non-hydrogen) atoms. The molecule has 1 unspecified atom stereocenters. The molecule has 0 bridgehead atoms. The molecule has 4 nitrogen and oxygen atoms in total. The Morgan fingerprint density at radius 1 is 1.17 bits per heavy atom. The summed E-state index contributed by atoms with van der Waals surface area (Å²) in [4.78, 5) is 13.5. The minimum absolute atomic E-state index is 0.0000854. The van der Waals surface area contributed by atoms with Crippen molar-refractivity contribution in [3.8, 4) is 0 Å². The van der Waals surface area contributed by atoms with Gasteiger partial charge in [-0.1, -0.05) is 30.3 Å². The molecule has 5 heteroatoms. The standard InChI is InChI=1S/C19H19N3OS/c1-15(24-18-9-3-2-4-10-18)19(23)21-17-8-5-7-16(13-17)14-22-12-6-11-20-22/h2-13,15H,14H2,1H3,(H,21,23). The van der Waals surface area contributed by atoms with E-state index in [1.54, 1.807) is 18.0 Å². The average molecular weight is 337 g/mol. The number of thioether (sulfide) groups is 1. The van der Waals surface area contributed by atoms with Crippen molar-refractivity contribution < 1.29 is 4.79 Å². The maximum absolute atomic E-state index is 12.4. The highest BCUT2D eigenvalue weighted by atomic mass is 32.2. The Balaban J connectivity index is 1.61. The number of carbonyl (C=O) groups is 1. The third-order valence-electron chi connectivity index (χ3n) is 3.52. The molecular formula is C19H19N3OS. The maximum atomic E-state index is 12.4. The number of hydrogen-bond acceptors (Lipinski definition) is 3. The van der Waals surface area contributed by atoms with E-state index in [1.807, 2.05) is 78.5 Å². The summed E-state index contributed by atoms with van der Waals surface area (Å²) >= 11 is 1.55. The second-order valence-corrected chi connectivity index (χ2v) is 6.88. The third kappa shape index (κ3) is 4.49. The third-order valence-corrected chi connectivity index (χ3v) is 4.64. The number of benzene rings is 2. The van der Waals surface area contributed by atoms with Crippen LogP contribution in [0.25, 0.3) is 0 Å². The maximum Gasteiger partial charge on any atom is 0.237 e. The van der Waals surface area contributed by atoms with E-state index in [0.29, 0.717) is 6.54 Å². The van der Waals surface area contributed by atoms with Crippen LogP contribution in [0.1, 0.15) is 12.5 Å². The highest BCUT2D eigenvalue weighted by Gasteiger charge is 2.14. The van der Waals surface area contributed by atoms with Crippen molar-refractivity contribution in [1.29, 1.82) is 0 Å². The number of nitrogens with one attached hydrogen (secondary N) is 1. The first kappa shape index (κ1) is 16.3. The zero-order valence-corrected chi connectivity index (χ0v) is 14.2. The lowest BCUT2D eigenvalue weighted by atomic mass is 10.2. The fourth-order valence-corrected chi connectivity index (χ4v) is 3.22. The Morgan fingerprint density at radius 3 is 2.75 bits per heavy atom. The summed E-state index contributed by atoms with van der Waals surface area (Å²) in [5, 5.41) is 7.03. The molecule has 3 rings (SSSR count). The van der Waals surface area contributed by atoms with Crippen molar-refractivity contribution in [1.82, 2.24) is 9.78 Å². The minimum Gasteiger partial charge on any atom is -0.325 e. The number of aromatic nitrogens is 2. The average Bonchev–Trinajstić information content (AvgIpc) is 3.09. The summed E-state index contributed by atoms with van der Waals surface area (Å²) in [6, 6.07) is 19.7. The second kappa shape index (κ2) is 7.84. The minimum atomic E-state index is -0.165. The first-order valence-corrected chi connectivity index (χ1v) is 8.67. The first-order valence-electron chi connectivity index (χ1n) is 7.79. The lowest BCUT2D eigenvalue weighted by molar-refractivity contribution is -0.115. The van der Waals surface area contributed by atoms with Gasteiger partial charge in [0.05, 0.1) is 11.8 Å². The predicted octanol–water partition coefficient (Wildman–Crippen LogP) is 4.05. The highest BCUT2D eigenvalue weighted by Crippen LogP contribution is 2.24. The number of rotatable bonds is 6. The molecule has 1 aromatic heterocycles. The molecule has 0 aliphatic carbocycles. The van der Waals surface area contributed by atoms with E-state index in [1.165, 1.54) is 0 Å². The zero-order chi connectivity index (χ0) is 16.8. The van der Waals surface area contributed by atoms with E-state index in [-0.39, 0.29) is 11.2 Å². The van der Waals surface area contributed by atoms with Gasteiger partial charge in [0.15, 0.2) is 0 Å². The molecule has 0 aliphatic rings. The number of amides is 1. The van der Waals surface area contributed by atoms with Crippen LogP contribution in [0.4, 0.5) is 5.69 Å². The normalized spacial score (nSPS) is 11.9. The van der Waals surface area contributed by atoms with Crippen molar-refractivity contribution in [2.45, 2.75) is 23.6 Å². The van der Waals surface area contributed by atoms with Crippen LogP contribution in [-0.4, -0.2) is 20.9 Å². The van der Waals surface area contributed by atoms with E-state index < -0.39 is 0 Å². The van der Waals surface area contributed by atoms with Gasteiger partial charge in [0.25, 0.3) is 0 Å². The Kier molecular flexibility index (Phi) is 5.33. The molecule has 1 N–H and O–H groups in total. The molecule has 3 aromatic rings. The van der Waals surface area contributed by atoms with Crippen molar-refractivity contribution in [3.63, 3.8) is 0 Å². The molecule has 0 spiro atoms. The summed E-state index contributed by atoms with van der Waals surface area (Å²) in [6.45, 7) is 2.60. The summed E-state index contributed by atoms with van der Waals surface area (Å²) in [7, 11) is 0. The van der Waals surface area contributed by atoms with Gasteiger partial charge in [0.1, 0.15) is 0 Å². The zero-order valence-electron chi connectivity index (χ0n) is 13.4. The van der Waals surface area contributed by atoms with E-state index >= 15 is 0 Å². The van der Waals surface area contributed by atoms with Crippen molar-refractivity contribution in [3.05, 3.63) is 78.6 Å². The molecule has 0 saturated heterocycles. The molecule has 0 saturated carbocycles. The van der Waals surface area contributed by atoms with Crippen LogP contribution >= 0.6 is 11.8 Å². The lowest BCUT2D eigenvalue weighted by Crippen LogP contribution is -2.22. The number of hydrogen-bond donors (Lipinski definition) is 1. The molecule has 1 atom stereocenters. The van der Waals surface area contributed by atoms with Gasteiger partial charge in [0, 0.05) is 23.0 Å². The molecule has 0 aliphatic heterocycles. The fraction of sp³-hybridized carbons (Fsp3) is 0.158. The van der Waals surface area contributed by atoms with Crippen LogP contribution in [0, 0.1) is 0 Å². The van der Waals surface area contributed by atoms with E-state index in [4.69, 9.17) is 0 Å². The molecule has 1 amide bonds. The first-order chi connectivity index (χ1) is 11.7. The molecule has 1 heterocycles. The quantitative estimate of drug-likeness (QED) is 0.690. The molecule has 0 fully saturated rings. The van der Waals surface area contributed by atoms with E-state index in [9.17, 15) is 4.79 Å². The summed E-state index contributed by atoms with van der Waals surface area (Å²) in [6.07, 6.45) is 3.68. The monoisotopic (exact) mass is 337 g/mol. The van der Waals surface area contributed by atoms with Crippen molar-refractivity contribution in [2.75, 3.05) is 5.32 Å². The summed E-state index contributed by atoms with van der Waals surface area (Å²) in [5.41, 5.74) is 1.91. The smallest absolute Gasteiger partial charge is 0.237 e. The summed E-state index contributed by atoms with van der Waals surface area (Å²) in [5.74, 6) is 0.0000854. The van der Waals surface area contributed by atoms with Gasteiger partial charge in [-0.25, -0.2) is 0 Å². The topological polar surface area (TPSA) is 46.9 Å². The largest absolute Gasteiger partial charge is 0.325 e. The van der Waals surface area contributed by atoms with Crippen molar-refractivity contribution in [2.24, 2.45) is 0 Å². The van der Waals surface area contributed by atoms with Crippen LogP contribution in [0.2, 0.25) is 0 Å². The fourth-order valence-electron chi connectivity index (χ4n) is 2.33. The van der Waals surface area contributed by atoms with Gasteiger partial charge in [0.2, 0.25) is 5.91 Å². The van der Waals surface area contributed by atoms with Gasteiger partial charge in [-0.2, -0.15) is 5.10 Å². The van der Waals surface area contributed by atoms with Crippen LogP contribution in [-0.2, 0) is 11.3 Å². The summed E-state index contributed by atoms with van der Waals surface area (Å²) < 4.78 is 1.86. The molecule has 0 radical (unpaired) electrons. The second-order valence-electron chi connectivity index (χ2n) is 5.47. The van der Waals surface area contributed by atoms with Crippen LogP contribution in [0.5, 0.6) is 0 Å². The van der Waals surface area contributed by atoms with Gasteiger partial charge in [-0.05, 0) is 42.8 Å². The SMILES string of the molecule is CC(Sc1ccccc1)C(=O)Nc1cccc(Cn2cccn2)c1. The van der Waals surface area contributed by atoms with Crippen LogP contribution in [0.3, 0.4) is 0 Å². The molecular weight excluding hydrogens is 318 g/mol. The van der Waals surface area contributed by atoms with Crippen LogP contribution in [0.15, 0.2) is 78.0 Å². The number of nitrogens with zero attached hydrogens (tertiary/aromatic N) is 2. The Hall–Kier alpha value is -2.53. The Labute approximate surface area is 145 Å². The molecule has 122 valence electrons. The van der Waals surface area contributed by atoms with Crippen LogP contribution < -0.4 is 5.32 Å². The molecule has 2 aromatic carbocycles. The highest BCUT2D eigenvalue weighted by molar-refractivity contribution is 8.00.